The summed E-state index contributed by atoms with van der Waals surface area (Å²) in [6, 6.07) is 4.86. The van der Waals surface area contributed by atoms with E-state index in [4.69, 9.17) is 4.98 Å². The van der Waals surface area contributed by atoms with Gasteiger partial charge in [-0.15, -0.1) is 0 Å². The van der Waals surface area contributed by atoms with Gasteiger partial charge < -0.3 is 9.88 Å². The first kappa shape index (κ1) is 26.6. The molecular weight excluding hydrogens is 498 g/mol. The number of sulfone groups is 1. The highest BCUT2D eigenvalue weighted by atomic mass is 32.2. The fourth-order valence-corrected chi connectivity index (χ4v) is 6.48. The van der Waals surface area contributed by atoms with Gasteiger partial charge in [-0.25, -0.2) is 22.9 Å². The van der Waals surface area contributed by atoms with Crippen LogP contribution >= 0.6 is 0 Å². The lowest BCUT2D eigenvalue weighted by molar-refractivity contribution is 0.166. The van der Waals surface area contributed by atoms with Crippen molar-refractivity contribution in [1.82, 2.24) is 29.5 Å². The van der Waals surface area contributed by atoms with E-state index in [9.17, 15) is 8.42 Å². The summed E-state index contributed by atoms with van der Waals surface area (Å²) in [5, 5.41) is 4.40. The maximum Gasteiger partial charge on any atom is 0.158 e. The second-order valence-electron chi connectivity index (χ2n) is 11.3. The van der Waals surface area contributed by atoms with E-state index in [-0.39, 0.29) is 17.7 Å². The van der Waals surface area contributed by atoms with Crippen molar-refractivity contribution in [3.8, 4) is 11.3 Å². The number of hydrogen-bond donors (Lipinski definition) is 1. The number of nitrogens with one attached hydrogen (secondary N) is 1. The summed E-state index contributed by atoms with van der Waals surface area (Å²) < 4.78 is 25.0. The van der Waals surface area contributed by atoms with Gasteiger partial charge in [0.25, 0.3) is 0 Å². The molecule has 0 radical (unpaired) electrons. The van der Waals surface area contributed by atoms with Gasteiger partial charge in [0.2, 0.25) is 0 Å². The topological polar surface area (TPSA) is 99.5 Å². The largest absolute Gasteiger partial charge is 0.353 e. The van der Waals surface area contributed by atoms with Crippen LogP contribution in [-0.2, 0) is 9.84 Å². The monoisotopic (exact) mass is 537 g/mol. The predicted octanol–water partition coefficient (Wildman–Crippen LogP) is 4.35. The standard InChI is InChI=1S/C28H39N7O2S/c1-17(2)25-26(22-15-35-28(29-16-30-35)21(6)20(22)5)31-23-9-10-24(32-27(23)25)34-14-18(3)33(13-19(34)4)11-8-12-38(7,36)37/h9-10,15-19,31H,8,11-14H2,1-7H3/t18-,19-/m0/s1. The van der Waals surface area contributed by atoms with E-state index >= 15 is 0 Å². The maximum atomic E-state index is 11.6. The number of H-pyrrole nitrogens is 1. The molecule has 10 heteroatoms. The van der Waals surface area contributed by atoms with Crippen molar-refractivity contribution >= 4 is 32.3 Å². The molecular formula is C28H39N7O2S. The molecule has 9 nitrogen and oxygen atoms in total. The number of piperazine rings is 1. The van der Waals surface area contributed by atoms with Gasteiger partial charge in [-0.1, -0.05) is 13.8 Å². The van der Waals surface area contributed by atoms with E-state index in [0.717, 1.165) is 59.0 Å². The molecule has 1 fully saturated rings. The average Bonchev–Trinajstić information content (AvgIpc) is 3.46. The number of nitrogens with zero attached hydrogens (tertiary/aromatic N) is 6. The lowest BCUT2D eigenvalue weighted by atomic mass is 9.95. The highest BCUT2D eigenvalue weighted by molar-refractivity contribution is 7.90. The molecule has 2 atom stereocenters. The minimum Gasteiger partial charge on any atom is -0.353 e. The third-order valence-corrected chi connectivity index (χ3v) is 9.04. The van der Waals surface area contributed by atoms with Crippen molar-refractivity contribution in [2.75, 3.05) is 36.5 Å². The summed E-state index contributed by atoms with van der Waals surface area (Å²) in [7, 11) is -2.93. The Bertz CT molecular complexity index is 1590. The molecule has 5 rings (SSSR count). The van der Waals surface area contributed by atoms with Crippen molar-refractivity contribution in [2.24, 2.45) is 0 Å². The van der Waals surface area contributed by atoms with Crippen molar-refractivity contribution in [2.45, 2.75) is 66.0 Å². The molecule has 1 N–H and O–H groups in total. The molecule has 1 aliphatic rings. The number of aryl methyl sites for hydroxylation is 1. The van der Waals surface area contributed by atoms with E-state index in [0.29, 0.717) is 12.5 Å². The van der Waals surface area contributed by atoms with E-state index in [2.05, 4.69) is 84.7 Å². The summed E-state index contributed by atoms with van der Waals surface area (Å²) in [4.78, 5) is 18.1. The molecule has 1 aliphatic heterocycles. The summed E-state index contributed by atoms with van der Waals surface area (Å²) in [5.74, 6) is 1.50. The zero-order valence-electron chi connectivity index (χ0n) is 23.5. The number of aromatic nitrogens is 5. The van der Waals surface area contributed by atoms with Crippen molar-refractivity contribution in [3.63, 3.8) is 0 Å². The molecule has 0 bridgehead atoms. The van der Waals surface area contributed by atoms with Crippen LogP contribution in [0.5, 0.6) is 0 Å². The summed E-state index contributed by atoms with van der Waals surface area (Å²) in [6.07, 6.45) is 5.64. The fraction of sp³-hybridized carbons (Fsp3) is 0.536. The minimum atomic E-state index is -2.93. The number of hydrogen-bond acceptors (Lipinski definition) is 7. The van der Waals surface area contributed by atoms with Crippen LogP contribution < -0.4 is 4.90 Å². The fourth-order valence-electron chi connectivity index (χ4n) is 5.82. The van der Waals surface area contributed by atoms with Gasteiger partial charge in [0.1, 0.15) is 22.0 Å². The van der Waals surface area contributed by atoms with E-state index in [1.807, 2.05) is 4.52 Å². The van der Waals surface area contributed by atoms with Crippen molar-refractivity contribution < 1.29 is 8.42 Å². The molecule has 4 aromatic heterocycles. The molecule has 204 valence electrons. The maximum absolute atomic E-state index is 11.6. The first-order valence-electron chi connectivity index (χ1n) is 13.5. The number of fused-ring (bicyclic) bond motifs is 2. The Morgan fingerprint density at radius 3 is 2.58 bits per heavy atom. The molecule has 0 saturated carbocycles. The van der Waals surface area contributed by atoms with Gasteiger partial charge in [0, 0.05) is 48.8 Å². The normalized spacial score (nSPS) is 19.3. The minimum absolute atomic E-state index is 0.239. The van der Waals surface area contributed by atoms with Crippen LogP contribution in [0.1, 0.15) is 56.7 Å². The van der Waals surface area contributed by atoms with Crippen LogP contribution in [0.15, 0.2) is 24.7 Å². The molecule has 1 saturated heterocycles. The smallest absolute Gasteiger partial charge is 0.158 e. The van der Waals surface area contributed by atoms with Gasteiger partial charge in [0.05, 0.1) is 22.5 Å². The van der Waals surface area contributed by atoms with E-state index in [1.165, 1.54) is 17.4 Å². The number of pyridine rings is 2. The summed E-state index contributed by atoms with van der Waals surface area (Å²) in [5.41, 5.74) is 8.66. The predicted molar refractivity (Wildman–Crippen MR) is 154 cm³/mol. The second kappa shape index (κ2) is 9.96. The Hall–Kier alpha value is -2.98. The molecule has 0 spiro atoms. The third-order valence-electron chi connectivity index (χ3n) is 8.01. The van der Waals surface area contributed by atoms with Crippen LogP contribution in [0.3, 0.4) is 0 Å². The van der Waals surface area contributed by atoms with Gasteiger partial charge in [-0.2, -0.15) is 5.10 Å². The van der Waals surface area contributed by atoms with Gasteiger partial charge >= 0.3 is 0 Å². The lowest BCUT2D eigenvalue weighted by Crippen LogP contribution is -2.57. The zero-order chi connectivity index (χ0) is 27.4. The number of anilines is 1. The molecule has 4 aromatic rings. The van der Waals surface area contributed by atoms with Crippen LogP contribution in [0.4, 0.5) is 5.82 Å². The van der Waals surface area contributed by atoms with Crippen molar-refractivity contribution in [1.29, 1.82) is 0 Å². The molecule has 0 unspecified atom stereocenters. The van der Waals surface area contributed by atoms with Gasteiger partial charge in [-0.3, -0.25) is 4.90 Å². The van der Waals surface area contributed by atoms with Crippen LogP contribution in [0.2, 0.25) is 0 Å². The van der Waals surface area contributed by atoms with Crippen LogP contribution in [0, 0.1) is 13.8 Å². The molecule has 0 aromatic carbocycles. The quantitative estimate of drug-likeness (QED) is 0.374. The highest BCUT2D eigenvalue weighted by Gasteiger charge is 2.30. The Morgan fingerprint density at radius 2 is 1.87 bits per heavy atom. The van der Waals surface area contributed by atoms with E-state index < -0.39 is 9.84 Å². The number of rotatable bonds is 7. The third kappa shape index (κ3) is 4.91. The van der Waals surface area contributed by atoms with Gasteiger partial charge in [-0.05, 0) is 69.8 Å². The summed E-state index contributed by atoms with van der Waals surface area (Å²) >= 11 is 0. The molecule has 38 heavy (non-hydrogen) atoms. The first-order chi connectivity index (χ1) is 17.9. The number of aromatic amines is 1. The zero-order valence-corrected chi connectivity index (χ0v) is 24.3. The molecule has 5 heterocycles. The Kier molecular flexibility index (Phi) is 6.98. The van der Waals surface area contributed by atoms with Crippen molar-refractivity contribution in [3.05, 3.63) is 41.3 Å². The average molecular weight is 538 g/mol. The molecule has 0 amide bonds. The highest BCUT2D eigenvalue weighted by Crippen LogP contribution is 2.38. The second-order valence-corrected chi connectivity index (χ2v) is 13.5. The first-order valence-corrected chi connectivity index (χ1v) is 15.5. The Morgan fingerprint density at radius 1 is 1.11 bits per heavy atom. The SMILES string of the molecule is Cc1c(-c2[nH]c3ccc(N4C[C@H](C)N(CCCS(C)(=O)=O)C[C@@H]4C)nc3c2C(C)C)cn2ncnc2c1C. The lowest BCUT2D eigenvalue weighted by Gasteiger charge is -2.44. The summed E-state index contributed by atoms with van der Waals surface area (Å²) in [6.45, 7) is 15.7. The molecule has 0 aliphatic carbocycles. The van der Waals surface area contributed by atoms with Crippen LogP contribution in [0.25, 0.3) is 27.9 Å². The Labute approximate surface area is 225 Å². The van der Waals surface area contributed by atoms with Crippen LogP contribution in [-0.4, -0.2) is 81.6 Å². The Balaban J connectivity index is 1.48. The van der Waals surface area contributed by atoms with E-state index in [1.54, 1.807) is 6.33 Å². The van der Waals surface area contributed by atoms with Gasteiger partial charge in [0.15, 0.2) is 5.65 Å².